The van der Waals surface area contributed by atoms with Crippen molar-refractivity contribution >= 4 is 0 Å². The van der Waals surface area contributed by atoms with Gasteiger partial charge in [0, 0.05) is 19.6 Å². The molecule has 0 amide bonds. The highest BCUT2D eigenvalue weighted by molar-refractivity contribution is 5.63. The number of hydrogen-bond acceptors (Lipinski definition) is 4. The molecule has 0 saturated carbocycles. The lowest BCUT2D eigenvalue weighted by Crippen LogP contribution is -2.55. The van der Waals surface area contributed by atoms with Crippen LogP contribution in [0.5, 0.6) is 0 Å². The average molecular weight is 313 g/mol. The minimum absolute atomic E-state index is 0.403. The molecule has 0 aliphatic carbocycles. The van der Waals surface area contributed by atoms with E-state index < -0.39 is 18.3 Å². The van der Waals surface area contributed by atoms with Gasteiger partial charge in [-0.15, -0.1) is 0 Å². The summed E-state index contributed by atoms with van der Waals surface area (Å²) in [4.78, 5) is 1.99. The third-order valence-electron chi connectivity index (χ3n) is 4.46. The summed E-state index contributed by atoms with van der Waals surface area (Å²) < 4.78 is 0. The van der Waals surface area contributed by atoms with Crippen LogP contribution >= 0.6 is 0 Å². The van der Waals surface area contributed by atoms with E-state index in [-0.39, 0.29) is 0 Å². The van der Waals surface area contributed by atoms with Gasteiger partial charge in [-0.1, -0.05) is 54.6 Å². The number of likely N-dealkylation sites (tertiary alicyclic amines) is 1. The molecule has 1 aliphatic rings. The zero-order chi connectivity index (χ0) is 16.2. The van der Waals surface area contributed by atoms with Crippen molar-refractivity contribution in [2.24, 2.45) is 0 Å². The van der Waals surface area contributed by atoms with Gasteiger partial charge in [0.05, 0.1) is 12.2 Å². The summed E-state index contributed by atoms with van der Waals surface area (Å²) in [6, 6.07) is 18.7. The van der Waals surface area contributed by atoms with Gasteiger partial charge in [-0.05, 0) is 23.1 Å². The smallest absolute Gasteiger partial charge is 0.108 e. The third kappa shape index (κ3) is 3.98. The number of hydrogen-bond donors (Lipinski definition) is 3. The first-order valence-corrected chi connectivity index (χ1v) is 8.04. The van der Waals surface area contributed by atoms with Crippen LogP contribution in [0.3, 0.4) is 0 Å². The van der Waals surface area contributed by atoms with Crippen LogP contribution in [0.1, 0.15) is 5.56 Å². The second kappa shape index (κ2) is 7.23. The van der Waals surface area contributed by atoms with E-state index in [1.807, 2.05) is 23.1 Å². The monoisotopic (exact) mass is 313 g/mol. The van der Waals surface area contributed by atoms with Crippen LogP contribution in [0.4, 0.5) is 0 Å². The van der Waals surface area contributed by atoms with Crippen molar-refractivity contribution in [1.82, 2.24) is 4.90 Å². The van der Waals surface area contributed by atoms with Crippen LogP contribution in [-0.4, -0.2) is 58.2 Å². The number of nitrogens with zero attached hydrogens (tertiary/aromatic N) is 1. The summed E-state index contributed by atoms with van der Waals surface area (Å²) in [6.07, 6.45) is -1.93. The van der Waals surface area contributed by atoms with E-state index in [1.54, 1.807) is 0 Å². The van der Waals surface area contributed by atoms with Gasteiger partial charge in [0.15, 0.2) is 0 Å². The molecule has 0 bridgehead atoms. The highest BCUT2D eigenvalue weighted by Crippen LogP contribution is 2.20. The van der Waals surface area contributed by atoms with Crippen molar-refractivity contribution in [1.29, 1.82) is 0 Å². The van der Waals surface area contributed by atoms with E-state index in [1.165, 1.54) is 16.7 Å². The summed E-state index contributed by atoms with van der Waals surface area (Å²) in [6.45, 7) is 1.56. The Kier molecular flexibility index (Phi) is 5.08. The van der Waals surface area contributed by atoms with Gasteiger partial charge >= 0.3 is 0 Å². The summed E-state index contributed by atoms with van der Waals surface area (Å²) >= 11 is 0. The fourth-order valence-corrected chi connectivity index (χ4v) is 3.04. The molecule has 3 rings (SSSR count). The zero-order valence-corrected chi connectivity index (χ0v) is 13.0. The number of aliphatic hydroxyl groups is 3. The topological polar surface area (TPSA) is 63.9 Å². The fourth-order valence-electron chi connectivity index (χ4n) is 3.04. The minimum Gasteiger partial charge on any atom is -0.389 e. The second-order valence-electron chi connectivity index (χ2n) is 6.20. The molecule has 0 unspecified atom stereocenters. The Morgan fingerprint density at radius 1 is 0.783 bits per heavy atom. The molecule has 0 radical (unpaired) electrons. The van der Waals surface area contributed by atoms with Crippen molar-refractivity contribution in [2.45, 2.75) is 24.7 Å². The molecule has 23 heavy (non-hydrogen) atoms. The molecule has 1 fully saturated rings. The molecule has 2 aromatic rings. The molecule has 3 atom stereocenters. The van der Waals surface area contributed by atoms with E-state index in [4.69, 9.17) is 0 Å². The number of rotatable bonds is 4. The first-order chi connectivity index (χ1) is 11.1. The van der Waals surface area contributed by atoms with Crippen LogP contribution in [0, 0.1) is 0 Å². The molecule has 122 valence electrons. The second-order valence-corrected chi connectivity index (χ2v) is 6.20. The molecule has 2 aromatic carbocycles. The average Bonchev–Trinajstić information content (AvgIpc) is 2.59. The lowest BCUT2D eigenvalue weighted by atomic mass is 10.0. The lowest BCUT2D eigenvalue weighted by molar-refractivity contribution is -0.109. The zero-order valence-electron chi connectivity index (χ0n) is 13.0. The summed E-state index contributed by atoms with van der Waals surface area (Å²) in [7, 11) is 0. The molecule has 1 saturated heterocycles. The summed E-state index contributed by atoms with van der Waals surface area (Å²) in [5.41, 5.74) is 3.62. The lowest BCUT2D eigenvalue weighted by Gasteiger charge is -2.36. The van der Waals surface area contributed by atoms with E-state index in [9.17, 15) is 15.3 Å². The molecular weight excluding hydrogens is 290 g/mol. The van der Waals surface area contributed by atoms with E-state index in [0.29, 0.717) is 13.1 Å². The molecule has 3 N–H and O–H groups in total. The van der Waals surface area contributed by atoms with Crippen LogP contribution in [0.25, 0.3) is 11.1 Å². The van der Waals surface area contributed by atoms with Crippen molar-refractivity contribution in [3.05, 3.63) is 60.2 Å². The number of benzene rings is 2. The van der Waals surface area contributed by atoms with E-state index >= 15 is 0 Å². The maximum absolute atomic E-state index is 9.73. The number of β-amino-alcohol motifs (C(OH)–C–C–N with tert-alkyl or cyclic N) is 2. The quantitative estimate of drug-likeness (QED) is 0.796. The van der Waals surface area contributed by atoms with Gasteiger partial charge in [-0.25, -0.2) is 0 Å². The van der Waals surface area contributed by atoms with Crippen LogP contribution in [0.2, 0.25) is 0 Å². The van der Waals surface area contributed by atoms with Gasteiger partial charge in [0.2, 0.25) is 0 Å². The molecule has 1 heterocycles. The Labute approximate surface area is 136 Å². The van der Waals surface area contributed by atoms with Crippen molar-refractivity contribution in [2.75, 3.05) is 19.6 Å². The van der Waals surface area contributed by atoms with Crippen molar-refractivity contribution < 1.29 is 15.3 Å². The van der Waals surface area contributed by atoms with E-state index in [2.05, 4.69) is 36.4 Å². The molecule has 4 heteroatoms. The Balaban J connectivity index is 1.57. The highest BCUT2D eigenvalue weighted by atomic mass is 16.4. The molecule has 1 aliphatic heterocycles. The first kappa shape index (κ1) is 16.1. The standard InChI is InChI=1S/C19H23NO3/c21-17-12-20(13-18(22)19(17)23)11-10-14-6-8-16(9-7-14)15-4-2-1-3-5-15/h1-9,17-19,21-23H,10-13H2/t17-,18+,19+. The van der Waals surface area contributed by atoms with E-state index in [0.717, 1.165) is 13.0 Å². The molecule has 4 nitrogen and oxygen atoms in total. The maximum Gasteiger partial charge on any atom is 0.108 e. The summed E-state index contributed by atoms with van der Waals surface area (Å²) in [5, 5.41) is 29.0. The number of aliphatic hydroxyl groups excluding tert-OH is 3. The first-order valence-electron chi connectivity index (χ1n) is 8.04. The Morgan fingerprint density at radius 3 is 1.96 bits per heavy atom. The van der Waals surface area contributed by atoms with Crippen LogP contribution in [-0.2, 0) is 6.42 Å². The van der Waals surface area contributed by atoms with Gasteiger partial charge in [-0.3, -0.25) is 4.90 Å². The van der Waals surface area contributed by atoms with Gasteiger partial charge in [-0.2, -0.15) is 0 Å². The Bertz CT molecular complexity index is 602. The molecular formula is C19H23NO3. The van der Waals surface area contributed by atoms with Gasteiger partial charge < -0.3 is 15.3 Å². The van der Waals surface area contributed by atoms with Crippen LogP contribution < -0.4 is 0 Å². The third-order valence-corrected chi connectivity index (χ3v) is 4.46. The van der Waals surface area contributed by atoms with Crippen molar-refractivity contribution in [3.63, 3.8) is 0 Å². The normalized spacial score (nSPS) is 25.4. The predicted molar refractivity (Wildman–Crippen MR) is 90.0 cm³/mol. The molecule has 0 aromatic heterocycles. The predicted octanol–water partition coefficient (Wildman–Crippen LogP) is 1.29. The number of piperidine rings is 1. The van der Waals surface area contributed by atoms with Gasteiger partial charge in [0.25, 0.3) is 0 Å². The SMILES string of the molecule is O[C@H]1[C@H](O)CN(CCc2ccc(-c3ccccc3)cc2)C[C@@H]1O. The maximum atomic E-state index is 9.73. The molecule has 0 spiro atoms. The van der Waals surface area contributed by atoms with Gasteiger partial charge in [0.1, 0.15) is 6.10 Å². The highest BCUT2D eigenvalue weighted by Gasteiger charge is 2.32. The summed E-state index contributed by atoms with van der Waals surface area (Å²) in [5.74, 6) is 0. The fraction of sp³-hybridized carbons (Fsp3) is 0.368. The Morgan fingerprint density at radius 2 is 1.35 bits per heavy atom. The minimum atomic E-state index is -1.03. The van der Waals surface area contributed by atoms with Crippen molar-refractivity contribution in [3.8, 4) is 11.1 Å². The Hall–Kier alpha value is -1.72. The largest absolute Gasteiger partial charge is 0.389 e. The van der Waals surface area contributed by atoms with Crippen LogP contribution in [0.15, 0.2) is 54.6 Å².